The summed E-state index contributed by atoms with van der Waals surface area (Å²) in [5.74, 6) is -1.33. The molecule has 3 aliphatic carbocycles. The number of rotatable bonds is 4. The Morgan fingerprint density at radius 1 is 0.816 bits per heavy atom. The molecule has 1 saturated heterocycles. The van der Waals surface area contributed by atoms with Gasteiger partial charge in [0.2, 0.25) is 11.8 Å². The maximum Gasteiger partial charge on any atom is 0.239 e. The summed E-state index contributed by atoms with van der Waals surface area (Å²) in [6.07, 6.45) is 1.87. The SMILES string of the molecule is COc1ccccc1N=CC12c3ccccc3C(c3ccccc31)[C@H]1C(=O)N(c3ccccc3Cl)C(=O)[C@@H]12. The van der Waals surface area contributed by atoms with Crippen LogP contribution in [0.4, 0.5) is 11.4 Å². The lowest BCUT2D eigenvalue weighted by atomic mass is 9.47. The Balaban J connectivity index is 1.52. The molecule has 0 aromatic heterocycles. The van der Waals surface area contributed by atoms with Crippen molar-refractivity contribution in [2.45, 2.75) is 11.3 Å². The second-order valence-corrected chi connectivity index (χ2v) is 10.3. The fraction of sp³-hybridized carbons (Fsp3) is 0.156. The number of halogens is 1. The second kappa shape index (κ2) is 8.40. The number of hydrogen-bond donors (Lipinski definition) is 0. The molecular formula is C32H23ClN2O3. The van der Waals surface area contributed by atoms with E-state index in [9.17, 15) is 9.59 Å². The Labute approximate surface area is 225 Å². The number of para-hydroxylation sites is 3. The molecule has 4 aromatic rings. The lowest BCUT2D eigenvalue weighted by molar-refractivity contribution is -0.122. The highest BCUT2D eigenvalue weighted by Gasteiger charge is 2.68. The first-order chi connectivity index (χ1) is 18.6. The van der Waals surface area contributed by atoms with E-state index in [-0.39, 0.29) is 17.7 Å². The third-order valence-corrected chi connectivity index (χ3v) is 8.59. The summed E-state index contributed by atoms with van der Waals surface area (Å²) in [6, 6.07) is 30.8. The fourth-order valence-electron chi connectivity index (χ4n) is 6.83. The van der Waals surface area contributed by atoms with Crippen molar-refractivity contribution in [2.24, 2.45) is 16.8 Å². The molecule has 6 heteroatoms. The molecule has 1 heterocycles. The van der Waals surface area contributed by atoms with Crippen molar-refractivity contribution in [3.63, 3.8) is 0 Å². The quantitative estimate of drug-likeness (QED) is 0.235. The number of benzene rings is 4. The Morgan fingerprint density at radius 3 is 2.11 bits per heavy atom. The number of methoxy groups -OCH3 is 1. The minimum Gasteiger partial charge on any atom is -0.494 e. The summed E-state index contributed by atoms with van der Waals surface area (Å²) in [5.41, 5.74) is 4.25. The molecule has 4 aliphatic rings. The van der Waals surface area contributed by atoms with Crippen LogP contribution >= 0.6 is 11.6 Å². The van der Waals surface area contributed by atoms with Crippen LogP contribution in [-0.2, 0) is 15.0 Å². The van der Waals surface area contributed by atoms with E-state index in [2.05, 4.69) is 24.3 Å². The van der Waals surface area contributed by atoms with Gasteiger partial charge in [0.05, 0.1) is 35.1 Å². The van der Waals surface area contributed by atoms with E-state index in [0.29, 0.717) is 22.1 Å². The first-order valence-corrected chi connectivity index (χ1v) is 12.9. The lowest BCUT2D eigenvalue weighted by Gasteiger charge is -2.52. The van der Waals surface area contributed by atoms with Crippen molar-refractivity contribution < 1.29 is 14.3 Å². The van der Waals surface area contributed by atoms with Crippen LogP contribution in [0.3, 0.4) is 0 Å². The highest BCUT2D eigenvalue weighted by Crippen LogP contribution is 2.64. The monoisotopic (exact) mass is 518 g/mol. The zero-order valence-corrected chi connectivity index (χ0v) is 21.3. The van der Waals surface area contributed by atoms with Gasteiger partial charge in [0.25, 0.3) is 0 Å². The number of imide groups is 1. The van der Waals surface area contributed by atoms with Gasteiger partial charge in [-0.25, -0.2) is 4.90 Å². The summed E-state index contributed by atoms with van der Waals surface area (Å²) in [5, 5.41) is 0.368. The molecular weight excluding hydrogens is 496 g/mol. The molecule has 0 radical (unpaired) electrons. The number of anilines is 1. The van der Waals surface area contributed by atoms with Gasteiger partial charge in [0.1, 0.15) is 11.4 Å². The highest BCUT2D eigenvalue weighted by molar-refractivity contribution is 6.36. The van der Waals surface area contributed by atoms with Crippen molar-refractivity contribution in [3.05, 3.63) is 124 Å². The van der Waals surface area contributed by atoms with Crippen LogP contribution in [0, 0.1) is 11.8 Å². The van der Waals surface area contributed by atoms with Crippen LogP contribution in [0.5, 0.6) is 5.75 Å². The largest absolute Gasteiger partial charge is 0.494 e. The average molecular weight is 519 g/mol. The smallest absolute Gasteiger partial charge is 0.239 e. The number of carbonyl (C=O) groups excluding carboxylic acids is 2. The maximum absolute atomic E-state index is 14.4. The van der Waals surface area contributed by atoms with Crippen molar-refractivity contribution in [2.75, 3.05) is 12.0 Å². The molecule has 2 amide bonds. The van der Waals surface area contributed by atoms with Crippen molar-refractivity contribution in [1.82, 2.24) is 0 Å². The van der Waals surface area contributed by atoms with Gasteiger partial charge >= 0.3 is 0 Å². The minimum atomic E-state index is -0.948. The summed E-state index contributed by atoms with van der Waals surface area (Å²) < 4.78 is 5.56. The van der Waals surface area contributed by atoms with Gasteiger partial charge in [0, 0.05) is 12.1 Å². The van der Waals surface area contributed by atoms with E-state index < -0.39 is 17.3 Å². The van der Waals surface area contributed by atoms with Gasteiger partial charge in [-0.1, -0.05) is 84.4 Å². The van der Waals surface area contributed by atoms with E-state index in [1.807, 2.05) is 54.7 Å². The normalized spacial score (nSPS) is 24.9. The Morgan fingerprint density at radius 2 is 1.42 bits per heavy atom. The Bertz CT molecular complexity index is 1610. The van der Waals surface area contributed by atoms with Gasteiger partial charge in [-0.3, -0.25) is 14.6 Å². The zero-order valence-electron chi connectivity index (χ0n) is 20.5. The van der Waals surface area contributed by atoms with Crippen molar-refractivity contribution >= 4 is 41.0 Å². The number of hydrogen-bond acceptors (Lipinski definition) is 4. The molecule has 1 fully saturated rings. The molecule has 1 aliphatic heterocycles. The third-order valence-electron chi connectivity index (χ3n) is 8.27. The predicted octanol–water partition coefficient (Wildman–Crippen LogP) is 6.30. The van der Waals surface area contributed by atoms with Gasteiger partial charge in [-0.2, -0.15) is 0 Å². The number of nitrogens with zero attached hydrogens (tertiary/aromatic N) is 2. The number of amides is 2. The summed E-state index contributed by atoms with van der Waals surface area (Å²) >= 11 is 6.52. The number of ether oxygens (including phenoxy) is 1. The third kappa shape index (κ3) is 2.91. The lowest BCUT2D eigenvalue weighted by Crippen LogP contribution is -2.54. The molecule has 8 rings (SSSR count). The van der Waals surface area contributed by atoms with E-state index in [0.717, 1.165) is 22.3 Å². The fourth-order valence-corrected chi connectivity index (χ4v) is 7.05. The van der Waals surface area contributed by atoms with Gasteiger partial charge in [-0.15, -0.1) is 0 Å². The molecule has 0 N–H and O–H groups in total. The molecule has 0 unspecified atom stereocenters. The van der Waals surface area contributed by atoms with E-state index in [1.165, 1.54) is 4.90 Å². The van der Waals surface area contributed by atoms with Gasteiger partial charge in [0.15, 0.2) is 0 Å². The summed E-state index contributed by atoms with van der Waals surface area (Å²) in [6.45, 7) is 0. The molecule has 186 valence electrons. The molecule has 5 nitrogen and oxygen atoms in total. The highest BCUT2D eigenvalue weighted by atomic mass is 35.5. The topological polar surface area (TPSA) is 59.0 Å². The summed E-state index contributed by atoms with van der Waals surface area (Å²) in [4.78, 5) is 34.9. The molecule has 2 bridgehead atoms. The van der Waals surface area contributed by atoms with Crippen LogP contribution in [0.25, 0.3) is 0 Å². The zero-order chi connectivity index (χ0) is 26.0. The van der Waals surface area contributed by atoms with Gasteiger partial charge < -0.3 is 4.74 Å². The van der Waals surface area contributed by atoms with Crippen LogP contribution in [0.2, 0.25) is 5.02 Å². The second-order valence-electron chi connectivity index (χ2n) is 9.92. The molecule has 2 atom stereocenters. The van der Waals surface area contributed by atoms with E-state index in [1.54, 1.807) is 31.4 Å². The Kier molecular flexibility index (Phi) is 5.07. The molecule has 0 spiro atoms. The number of aliphatic imine (C=N–C) groups is 1. The molecule has 4 aromatic carbocycles. The van der Waals surface area contributed by atoms with Crippen LogP contribution in [0.15, 0.2) is 102 Å². The van der Waals surface area contributed by atoms with E-state index >= 15 is 0 Å². The van der Waals surface area contributed by atoms with Gasteiger partial charge in [-0.05, 0) is 46.5 Å². The standard InChI is InChI=1S/C32H23ClN2O3/c1-38-26-17-9-7-15-24(26)34-18-32-21-12-4-2-10-19(21)27(20-11-3-5-13-22(20)32)28-29(32)31(37)35(30(28)36)25-16-8-6-14-23(25)33/h2-18,27-29H,1H3/t27?,28-,29-,32?/m1/s1. The van der Waals surface area contributed by atoms with Crippen molar-refractivity contribution in [1.29, 1.82) is 0 Å². The van der Waals surface area contributed by atoms with Crippen molar-refractivity contribution in [3.8, 4) is 5.75 Å². The number of carbonyl (C=O) groups is 2. The maximum atomic E-state index is 14.4. The minimum absolute atomic E-state index is 0.225. The molecule has 38 heavy (non-hydrogen) atoms. The predicted molar refractivity (Wildman–Crippen MR) is 148 cm³/mol. The van der Waals surface area contributed by atoms with Crippen LogP contribution in [0.1, 0.15) is 28.2 Å². The van der Waals surface area contributed by atoms with E-state index in [4.69, 9.17) is 21.3 Å². The van der Waals surface area contributed by atoms with Crippen LogP contribution < -0.4 is 9.64 Å². The Hall–Kier alpha value is -4.22. The summed E-state index contributed by atoms with van der Waals surface area (Å²) in [7, 11) is 1.61. The first kappa shape index (κ1) is 22.9. The average Bonchev–Trinajstić information content (AvgIpc) is 3.23. The first-order valence-electron chi connectivity index (χ1n) is 12.6. The molecule has 0 saturated carbocycles. The van der Waals surface area contributed by atoms with Crippen LogP contribution in [-0.4, -0.2) is 25.1 Å².